The first-order chi connectivity index (χ1) is 12.8. The van der Waals surface area contributed by atoms with E-state index in [1.807, 2.05) is 37.3 Å². The molecule has 1 unspecified atom stereocenters. The van der Waals surface area contributed by atoms with Gasteiger partial charge in [0.25, 0.3) is 0 Å². The molecule has 1 aliphatic heterocycles. The minimum absolute atomic E-state index is 0.0645. The van der Waals surface area contributed by atoms with E-state index in [0.29, 0.717) is 34.6 Å². The molecule has 1 heterocycles. The van der Waals surface area contributed by atoms with Crippen LogP contribution < -0.4 is 5.32 Å². The number of nitrogens with zero attached hydrogens (tertiary/aromatic N) is 1. The molecule has 0 radical (unpaired) electrons. The number of amides is 1. The van der Waals surface area contributed by atoms with E-state index in [9.17, 15) is 4.79 Å². The Bertz CT molecular complexity index is 899. The van der Waals surface area contributed by atoms with Gasteiger partial charge in [-0.25, -0.2) is 4.79 Å². The molecule has 0 aromatic heterocycles. The largest absolute Gasteiger partial charge is 0.465 e. The maximum Gasteiger partial charge on any atom is 0.407 e. The molecule has 2 aromatic carbocycles. The van der Waals surface area contributed by atoms with Crippen molar-refractivity contribution in [1.29, 1.82) is 0 Å². The molecule has 0 spiro atoms. The second-order valence-corrected chi connectivity index (χ2v) is 7.69. The number of hydrogen-bond acceptors (Lipinski definition) is 2. The van der Waals surface area contributed by atoms with Gasteiger partial charge in [0.15, 0.2) is 0 Å². The summed E-state index contributed by atoms with van der Waals surface area (Å²) in [5, 5.41) is 14.3. The van der Waals surface area contributed by atoms with Crippen molar-refractivity contribution in [1.82, 2.24) is 4.90 Å². The summed E-state index contributed by atoms with van der Waals surface area (Å²) in [7, 11) is 0. The van der Waals surface area contributed by atoms with Crippen LogP contribution in [0.2, 0.25) is 15.1 Å². The Morgan fingerprint density at radius 2 is 1.93 bits per heavy atom. The minimum atomic E-state index is -0.891. The van der Waals surface area contributed by atoms with E-state index >= 15 is 0 Å². The fourth-order valence-electron chi connectivity index (χ4n) is 3.10. The van der Waals surface area contributed by atoms with Gasteiger partial charge in [0.1, 0.15) is 0 Å². The van der Waals surface area contributed by atoms with Crippen LogP contribution in [0.1, 0.15) is 30.5 Å². The van der Waals surface area contributed by atoms with Gasteiger partial charge in [-0.3, -0.25) is 0 Å². The maximum atomic E-state index is 11.1. The Balaban J connectivity index is 1.80. The molecular weight excluding hydrogens is 407 g/mol. The molecule has 3 rings (SSSR count). The van der Waals surface area contributed by atoms with Gasteiger partial charge in [0.05, 0.1) is 16.8 Å². The van der Waals surface area contributed by atoms with E-state index in [4.69, 9.17) is 39.9 Å². The van der Waals surface area contributed by atoms with Crippen molar-refractivity contribution >= 4 is 52.2 Å². The summed E-state index contributed by atoms with van der Waals surface area (Å²) < 4.78 is 0. The minimum Gasteiger partial charge on any atom is -0.465 e. The first kappa shape index (κ1) is 19.9. The van der Waals surface area contributed by atoms with Gasteiger partial charge in [-0.05, 0) is 54.3 Å². The third kappa shape index (κ3) is 4.70. The zero-order valence-electron chi connectivity index (χ0n) is 14.7. The second-order valence-electron chi connectivity index (χ2n) is 6.43. The zero-order valence-corrected chi connectivity index (χ0v) is 16.9. The van der Waals surface area contributed by atoms with Crippen LogP contribution in [-0.2, 0) is 0 Å². The van der Waals surface area contributed by atoms with Crippen LogP contribution in [0.5, 0.6) is 0 Å². The second kappa shape index (κ2) is 8.42. The van der Waals surface area contributed by atoms with Gasteiger partial charge >= 0.3 is 6.09 Å². The van der Waals surface area contributed by atoms with Crippen LogP contribution in [0.15, 0.2) is 42.5 Å². The van der Waals surface area contributed by atoms with Crippen LogP contribution in [0, 0.1) is 0 Å². The number of anilines is 1. The monoisotopic (exact) mass is 424 g/mol. The Kier molecular flexibility index (Phi) is 6.20. The van der Waals surface area contributed by atoms with E-state index in [0.717, 1.165) is 22.4 Å². The molecule has 2 aromatic rings. The first-order valence-corrected chi connectivity index (χ1v) is 9.67. The average molecular weight is 426 g/mol. The summed E-state index contributed by atoms with van der Waals surface area (Å²) in [6.45, 7) is 2.89. The fraction of sp³-hybridized carbons (Fsp3) is 0.250. The molecule has 1 amide bonds. The zero-order chi connectivity index (χ0) is 19.6. The Morgan fingerprint density at radius 1 is 1.15 bits per heavy atom. The van der Waals surface area contributed by atoms with Crippen molar-refractivity contribution in [2.45, 2.75) is 19.4 Å². The van der Waals surface area contributed by atoms with E-state index in [-0.39, 0.29) is 6.04 Å². The smallest absolute Gasteiger partial charge is 0.407 e. The highest BCUT2D eigenvalue weighted by Gasteiger charge is 2.18. The standard InChI is InChI=1S/C20H19Cl3N2O2/c1-12(16-4-3-15(21)11-18(16)23)24-19-10-14(2-5-17(19)22)13-6-8-25(9-7-13)20(26)27/h2-6,10-12,24H,7-9H2,1H3,(H,26,27). The molecule has 2 N–H and O–H groups in total. The molecular formula is C20H19Cl3N2O2. The fourth-order valence-corrected chi connectivity index (χ4v) is 3.85. The Labute approximate surface area is 173 Å². The molecule has 0 saturated heterocycles. The number of carbonyl (C=O) groups is 1. The van der Waals surface area contributed by atoms with Gasteiger partial charge in [-0.1, -0.05) is 53.0 Å². The van der Waals surface area contributed by atoms with Crippen LogP contribution in [0.4, 0.5) is 10.5 Å². The van der Waals surface area contributed by atoms with Gasteiger partial charge in [-0.15, -0.1) is 0 Å². The average Bonchev–Trinajstić information content (AvgIpc) is 2.63. The highest BCUT2D eigenvalue weighted by molar-refractivity contribution is 6.35. The quantitative estimate of drug-likeness (QED) is 0.581. The number of halogens is 3. The van der Waals surface area contributed by atoms with Crippen molar-refractivity contribution in [3.63, 3.8) is 0 Å². The number of carboxylic acid groups (broad SMARTS) is 1. The normalized spacial score (nSPS) is 15.3. The van der Waals surface area contributed by atoms with Crippen molar-refractivity contribution in [3.8, 4) is 0 Å². The van der Waals surface area contributed by atoms with Crippen LogP contribution in [-0.4, -0.2) is 29.2 Å². The van der Waals surface area contributed by atoms with Gasteiger partial charge in [0.2, 0.25) is 0 Å². The van der Waals surface area contributed by atoms with E-state index in [1.54, 1.807) is 12.1 Å². The molecule has 142 valence electrons. The third-order valence-electron chi connectivity index (χ3n) is 4.62. The van der Waals surface area contributed by atoms with Crippen LogP contribution in [0.3, 0.4) is 0 Å². The van der Waals surface area contributed by atoms with Crippen molar-refractivity contribution in [2.24, 2.45) is 0 Å². The van der Waals surface area contributed by atoms with Crippen LogP contribution in [0.25, 0.3) is 5.57 Å². The summed E-state index contributed by atoms with van der Waals surface area (Å²) in [5.74, 6) is 0. The Hall–Kier alpha value is -1.88. The molecule has 0 saturated carbocycles. The number of benzene rings is 2. The number of hydrogen-bond donors (Lipinski definition) is 2. The van der Waals surface area contributed by atoms with Gasteiger partial charge in [0, 0.05) is 23.1 Å². The van der Waals surface area contributed by atoms with Gasteiger partial charge in [-0.2, -0.15) is 0 Å². The summed E-state index contributed by atoms with van der Waals surface area (Å²) in [5.41, 5.74) is 3.87. The topological polar surface area (TPSA) is 52.6 Å². The molecule has 4 nitrogen and oxygen atoms in total. The lowest BCUT2D eigenvalue weighted by atomic mass is 9.99. The third-order valence-corrected chi connectivity index (χ3v) is 5.51. The SMILES string of the molecule is CC(Nc1cc(C2=CCN(C(=O)O)CC2)ccc1Cl)c1ccc(Cl)cc1Cl. The molecule has 7 heteroatoms. The molecule has 0 fully saturated rings. The molecule has 1 atom stereocenters. The Morgan fingerprint density at radius 3 is 2.56 bits per heavy atom. The predicted octanol–water partition coefficient (Wildman–Crippen LogP) is 6.59. The lowest BCUT2D eigenvalue weighted by Gasteiger charge is -2.24. The highest BCUT2D eigenvalue weighted by atomic mass is 35.5. The summed E-state index contributed by atoms with van der Waals surface area (Å²) in [4.78, 5) is 12.4. The van der Waals surface area contributed by atoms with E-state index < -0.39 is 6.09 Å². The van der Waals surface area contributed by atoms with Crippen molar-refractivity contribution in [3.05, 3.63) is 68.7 Å². The van der Waals surface area contributed by atoms with Crippen LogP contribution >= 0.6 is 34.8 Å². The summed E-state index contributed by atoms with van der Waals surface area (Å²) >= 11 is 18.6. The van der Waals surface area contributed by atoms with Crippen molar-refractivity contribution in [2.75, 3.05) is 18.4 Å². The van der Waals surface area contributed by atoms with E-state index in [2.05, 4.69) is 5.32 Å². The van der Waals surface area contributed by atoms with Gasteiger partial charge < -0.3 is 15.3 Å². The number of nitrogens with one attached hydrogen (secondary N) is 1. The summed E-state index contributed by atoms with van der Waals surface area (Å²) in [6.07, 6.45) is 1.73. The maximum absolute atomic E-state index is 11.1. The molecule has 0 bridgehead atoms. The molecule has 27 heavy (non-hydrogen) atoms. The highest BCUT2D eigenvalue weighted by Crippen LogP contribution is 2.33. The molecule has 0 aliphatic carbocycles. The lowest BCUT2D eigenvalue weighted by Crippen LogP contribution is -2.33. The summed E-state index contributed by atoms with van der Waals surface area (Å²) in [6, 6.07) is 11.1. The number of rotatable bonds is 4. The van der Waals surface area contributed by atoms with Crippen molar-refractivity contribution < 1.29 is 9.90 Å². The van der Waals surface area contributed by atoms with E-state index in [1.165, 1.54) is 4.90 Å². The first-order valence-electron chi connectivity index (χ1n) is 8.53. The molecule has 1 aliphatic rings. The predicted molar refractivity (Wildman–Crippen MR) is 112 cm³/mol. The lowest BCUT2D eigenvalue weighted by molar-refractivity contribution is 0.150.